The molecular weight excluding hydrogens is 193 g/mol. The Labute approximate surface area is 83.8 Å². The second kappa shape index (κ2) is 6.27. The van der Waals surface area contributed by atoms with Crippen molar-refractivity contribution < 1.29 is 0 Å². The van der Waals surface area contributed by atoms with Crippen LogP contribution in [0.25, 0.3) is 0 Å². The molecule has 0 radical (unpaired) electrons. The van der Waals surface area contributed by atoms with Crippen molar-refractivity contribution in [2.45, 2.75) is 27.2 Å². The summed E-state index contributed by atoms with van der Waals surface area (Å²) in [6.45, 7) is 5.88. The van der Waals surface area contributed by atoms with Gasteiger partial charge >= 0.3 is 0 Å². The molecule has 0 atom stereocenters. The van der Waals surface area contributed by atoms with Gasteiger partial charge in [0, 0.05) is 0 Å². The van der Waals surface area contributed by atoms with E-state index in [-0.39, 0.29) is 0 Å². The molecule has 0 rings (SSSR count). The average Bonchev–Trinajstić information content (AvgIpc) is 2.03. The summed E-state index contributed by atoms with van der Waals surface area (Å²) in [6, 6.07) is 0. The molecule has 12 heavy (non-hydrogen) atoms. The van der Waals surface area contributed by atoms with Gasteiger partial charge in [0.05, 0.1) is 0 Å². The van der Waals surface area contributed by atoms with Crippen molar-refractivity contribution in [1.82, 2.24) is 0 Å². The van der Waals surface area contributed by atoms with E-state index in [1.54, 1.807) is 6.08 Å². The number of nitrogens with zero attached hydrogens (tertiary/aromatic N) is 1. The zero-order valence-electron chi connectivity index (χ0n) is 7.56. The predicted octanol–water partition coefficient (Wildman–Crippen LogP) is 4.08. The second-order valence-electron chi connectivity index (χ2n) is 2.39. The Hall–Kier alpha value is -0.270. The Morgan fingerprint density at radius 2 is 2.00 bits per heavy atom. The van der Waals surface area contributed by atoms with Gasteiger partial charge in [0.1, 0.15) is 10.3 Å². The molecule has 0 aromatic heterocycles. The highest BCUT2D eigenvalue weighted by atomic mass is 35.5. The summed E-state index contributed by atoms with van der Waals surface area (Å²) in [5.74, 6) is 0. The lowest BCUT2D eigenvalue weighted by molar-refractivity contribution is 1.10. The summed E-state index contributed by atoms with van der Waals surface area (Å²) in [5, 5.41) is 0.845. The number of allylic oxidation sites excluding steroid dienone is 3. The van der Waals surface area contributed by atoms with E-state index in [4.69, 9.17) is 23.2 Å². The number of hydrogen-bond donors (Lipinski definition) is 0. The number of hydrogen-bond acceptors (Lipinski definition) is 1. The van der Waals surface area contributed by atoms with Gasteiger partial charge in [0.25, 0.3) is 0 Å². The minimum atomic E-state index is 0.417. The third-order valence-electron chi connectivity index (χ3n) is 1.38. The summed E-state index contributed by atoms with van der Waals surface area (Å²) in [5.41, 5.74) is 1.18. The van der Waals surface area contributed by atoms with Crippen LogP contribution in [0.1, 0.15) is 27.2 Å². The molecule has 0 aliphatic carbocycles. The minimum Gasteiger partial charge on any atom is -0.225 e. The molecule has 0 aromatic carbocycles. The van der Waals surface area contributed by atoms with Gasteiger partial charge in [0.2, 0.25) is 0 Å². The minimum absolute atomic E-state index is 0.417. The van der Waals surface area contributed by atoms with E-state index in [1.165, 1.54) is 5.57 Å². The molecular formula is C9H13Cl2N. The Morgan fingerprint density at radius 3 is 2.42 bits per heavy atom. The van der Waals surface area contributed by atoms with E-state index < -0.39 is 0 Å². The third kappa shape index (κ3) is 5.39. The van der Waals surface area contributed by atoms with Crippen molar-refractivity contribution >= 4 is 28.4 Å². The first kappa shape index (κ1) is 11.7. The SMILES string of the molecule is C\C=C(Cl)/N=C(Cl)\C=C(/C)CC. The standard InChI is InChI=1S/C9H13Cl2N/c1-4-7(3)6-9(11)12-8(10)5-2/h5-6H,4H2,1-3H3/b7-6+,8-5-,12-9+. The van der Waals surface area contributed by atoms with E-state index in [0.29, 0.717) is 10.3 Å². The van der Waals surface area contributed by atoms with Crippen molar-refractivity contribution in [1.29, 1.82) is 0 Å². The van der Waals surface area contributed by atoms with Gasteiger partial charge in [-0.3, -0.25) is 0 Å². The summed E-state index contributed by atoms with van der Waals surface area (Å²) < 4.78 is 0. The molecule has 0 heterocycles. The van der Waals surface area contributed by atoms with Gasteiger partial charge in [0.15, 0.2) is 0 Å². The number of halogens is 2. The number of aliphatic imine (C=N–C) groups is 1. The van der Waals surface area contributed by atoms with Gasteiger partial charge < -0.3 is 0 Å². The highest BCUT2D eigenvalue weighted by Gasteiger charge is 1.91. The summed E-state index contributed by atoms with van der Waals surface area (Å²) in [6.07, 6.45) is 4.48. The van der Waals surface area contributed by atoms with Crippen LogP contribution in [-0.4, -0.2) is 5.17 Å². The molecule has 0 saturated heterocycles. The van der Waals surface area contributed by atoms with Crippen molar-refractivity contribution in [3.63, 3.8) is 0 Å². The first-order chi connectivity index (χ1) is 5.60. The third-order valence-corrected chi connectivity index (χ3v) is 1.87. The summed E-state index contributed by atoms with van der Waals surface area (Å²) >= 11 is 11.4. The van der Waals surface area contributed by atoms with Gasteiger partial charge in [-0.25, -0.2) is 4.99 Å². The highest BCUT2D eigenvalue weighted by Crippen LogP contribution is 2.07. The monoisotopic (exact) mass is 205 g/mol. The van der Waals surface area contributed by atoms with Crippen molar-refractivity contribution in [3.05, 3.63) is 22.9 Å². The fourth-order valence-corrected chi connectivity index (χ4v) is 0.916. The maximum atomic E-state index is 5.78. The lowest BCUT2D eigenvalue weighted by Gasteiger charge is -1.93. The molecule has 0 saturated carbocycles. The molecule has 1 nitrogen and oxygen atoms in total. The maximum absolute atomic E-state index is 5.78. The van der Waals surface area contributed by atoms with Crippen molar-refractivity contribution in [2.24, 2.45) is 4.99 Å². The molecule has 68 valence electrons. The molecule has 0 unspecified atom stereocenters. The quantitative estimate of drug-likeness (QED) is 0.487. The lowest BCUT2D eigenvalue weighted by atomic mass is 10.2. The summed E-state index contributed by atoms with van der Waals surface area (Å²) in [7, 11) is 0. The molecule has 3 heteroatoms. The highest BCUT2D eigenvalue weighted by molar-refractivity contribution is 6.68. The average molecular weight is 206 g/mol. The van der Waals surface area contributed by atoms with Crippen LogP contribution < -0.4 is 0 Å². The van der Waals surface area contributed by atoms with E-state index in [1.807, 2.05) is 19.9 Å². The molecule has 0 spiro atoms. The van der Waals surface area contributed by atoms with Crippen LogP contribution in [0.15, 0.2) is 27.9 Å². The Bertz CT molecular complexity index is 227. The van der Waals surface area contributed by atoms with Crippen LogP contribution >= 0.6 is 23.2 Å². The first-order valence-corrected chi connectivity index (χ1v) is 4.59. The smallest absolute Gasteiger partial charge is 0.130 e. The predicted molar refractivity (Wildman–Crippen MR) is 56.9 cm³/mol. The van der Waals surface area contributed by atoms with Gasteiger partial charge in [-0.05, 0) is 26.3 Å². The van der Waals surface area contributed by atoms with Crippen LogP contribution in [0.3, 0.4) is 0 Å². The molecule has 0 amide bonds. The van der Waals surface area contributed by atoms with E-state index >= 15 is 0 Å². The molecule has 0 N–H and O–H groups in total. The molecule has 0 bridgehead atoms. The molecule has 0 aliphatic heterocycles. The van der Waals surface area contributed by atoms with Gasteiger partial charge in [-0.15, -0.1) is 0 Å². The topological polar surface area (TPSA) is 12.4 Å². The van der Waals surface area contributed by atoms with E-state index in [2.05, 4.69) is 11.9 Å². The largest absolute Gasteiger partial charge is 0.225 e. The first-order valence-electron chi connectivity index (χ1n) is 3.83. The van der Waals surface area contributed by atoms with Crippen LogP contribution in [0.2, 0.25) is 0 Å². The zero-order valence-corrected chi connectivity index (χ0v) is 9.08. The van der Waals surface area contributed by atoms with Crippen LogP contribution in [0.4, 0.5) is 0 Å². The second-order valence-corrected chi connectivity index (χ2v) is 3.16. The van der Waals surface area contributed by atoms with E-state index in [0.717, 1.165) is 6.42 Å². The Morgan fingerprint density at radius 1 is 1.42 bits per heavy atom. The van der Waals surface area contributed by atoms with Gasteiger partial charge in [-0.2, -0.15) is 0 Å². The maximum Gasteiger partial charge on any atom is 0.130 e. The fourth-order valence-electron chi connectivity index (χ4n) is 0.504. The van der Waals surface area contributed by atoms with Crippen molar-refractivity contribution in [2.75, 3.05) is 0 Å². The zero-order chi connectivity index (χ0) is 9.56. The fraction of sp³-hybridized carbons (Fsp3) is 0.444. The number of rotatable bonds is 3. The summed E-state index contributed by atoms with van der Waals surface area (Å²) in [4.78, 5) is 3.92. The molecule has 0 aromatic rings. The van der Waals surface area contributed by atoms with E-state index in [9.17, 15) is 0 Å². The molecule has 0 aliphatic rings. The molecule has 0 fully saturated rings. The van der Waals surface area contributed by atoms with Crippen LogP contribution in [0.5, 0.6) is 0 Å². The van der Waals surface area contributed by atoms with Gasteiger partial charge in [-0.1, -0.05) is 41.8 Å². The van der Waals surface area contributed by atoms with Crippen LogP contribution in [-0.2, 0) is 0 Å². The van der Waals surface area contributed by atoms with Crippen molar-refractivity contribution in [3.8, 4) is 0 Å². The normalized spacial score (nSPS) is 15.2. The Balaban J connectivity index is 4.40. The lowest BCUT2D eigenvalue weighted by Crippen LogP contribution is -1.83. The van der Waals surface area contributed by atoms with Crippen LogP contribution in [0, 0.1) is 0 Å². The Kier molecular flexibility index (Phi) is 6.13.